The number of aliphatic imine (C=N–C) groups is 1. The fourth-order valence-electron chi connectivity index (χ4n) is 5.89. The molecule has 2 fully saturated rings. The lowest BCUT2D eigenvalue weighted by Gasteiger charge is -2.11. The Hall–Kier alpha value is -3.85. The topological polar surface area (TPSA) is 99.2 Å². The van der Waals surface area contributed by atoms with Gasteiger partial charge in [-0.3, -0.25) is 4.99 Å². The summed E-state index contributed by atoms with van der Waals surface area (Å²) in [5.74, 6) is 1.05. The van der Waals surface area contributed by atoms with Crippen LogP contribution in [0.5, 0.6) is 0 Å². The minimum atomic E-state index is -3.02. The minimum Gasteiger partial charge on any atom is -0.341 e. The van der Waals surface area contributed by atoms with Gasteiger partial charge < -0.3 is 15.6 Å². The Morgan fingerprint density at radius 2 is 1.33 bits per heavy atom. The summed E-state index contributed by atoms with van der Waals surface area (Å²) in [6.45, 7) is 4.12. The van der Waals surface area contributed by atoms with Crippen LogP contribution < -0.4 is 10.6 Å². The third kappa shape index (κ3) is 7.04. The van der Waals surface area contributed by atoms with E-state index in [1.165, 1.54) is 59.1 Å². The number of imidazole rings is 1. The molecule has 4 heterocycles. The zero-order valence-electron chi connectivity index (χ0n) is 24.8. The summed E-state index contributed by atoms with van der Waals surface area (Å²) in [6.07, 6.45) is 11.0. The molecule has 0 unspecified atom stereocenters. The van der Waals surface area contributed by atoms with Crippen molar-refractivity contribution in [2.45, 2.75) is 56.0 Å². The largest absolute Gasteiger partial charge is 0.341 e. The number of aryl methyl sites for hydroxylation is 1. The van der Waals surface area contributed by atoms with E-state index < -0.39 is 9.84 Å². The molecule has 3 N–H and O–H groups in total. The smallest absolute Gasteiger partial charge is 0.175 e. The molecule has 0 saturated carbocycles. The molecule has 3 aliphatic rings. The highest BCUT2D eigenvalue weighted by Gasteiger charge is 2.24. The zero-order chi connectivity index (χ0) is 29.8. The van der Waals surface area contributed by atoms with Crippen molar-refractivity contribution in [3.05, 3.63) is 102 Å². The SMILES string of the molecule is C1=C(c2ccc(-c3ccc(-c4cnc([C@H]5CCCN5)[nH]4)cc3)cc2)CC([C@H]2CCCN2)=N1.Cc1ccc(S(C)(=O)=O)cc1. The van der Waals surface area contributed by atoms with Crippen molar-refractivity contribution in [2.24, 2.45) is 4.99 Å². The van der Waals surface area contributed by atoms with Gasteiger partial charge in [0.2, 0.25) is 0 Å². The van der Waals surface area contributed by atoms with E-state index in [9.17, 15) is 8.42 Å². The Kier molecular flexibility index (Phi) is 8.70. The summed E-state index contributed by atoms with van der Waals surface area (Å²) >= 11 is 0. The van der Waals surface area contributed by atoms with Crippen molar-refractivity contribution in [1.29, 1.82) is 0 Å². The number of aromatic amines is 1. The molecule has 1 aromatic heterocycles. The number of aromatic nitrogens is 2. The van der Waals surface area contributed by atoms with E-state index in [1.807, 2.05) is 13.1 Å². The summed E-state index contributed by atoms with van der Waals surface area (Å²) in [6, 6.07) is 25.3. The first kappa shape index (κ1) is 29.2. The molecule has 0 bridgehead atoms. The molecule has 0 aliphatic carbocycles. The van der Waals surface area contributed by atoms with Gasteiger partial charge in [0.05, 0.1) is 22.8 Å². The Balaban J connectivity index is 0.000000254. The van der Waals surface area contributed by atoms with Gasteiger partial charge in [-0.25, -0.2) is 13.4 Å². The molecular formula is C35H39N5O2S. The number of hydrogen-bond donors (Lipinski definition) is 3. The number of H-pyrrole nitrogens is 1. The number of sulfone groups is 1. The molecule has 0 amide bonds. The average Bonchev–Trinajstić information content (AvgIpc) is 3.84. The van der Waals surface area contributed by atoms with Gasteiger partial charge in [0.25, 0.3) is 0 Å². The Morgan fingerprint density at radius 3 is 1.91 bits per heavy atom. The van der Waals surface area contributed by atoms with E-state index >= 15 is 0 Å². The van der Waals surface area contributed by atoms with Crippen LogP contribution in [0.3, 0.4) is 0 Å². The van der Waals surface area contributed by atoms with Gasteiger partial charge in [-0.2, -0.15) is 0 Å². The van der Waals surface area contributed by atoms with Crippen LogP contribution in [0.15, 0.2) is 95.1 Å². The summed E-state index contributed by atoms with van der Waals surface area (Å²) in [7, 11) is -3.02. The molecule has 7 nitrogen and oxygen atoms in total. The number of rotatable bonds is 6. The van der Waals surface area contributed by atoms with Gasteiger partial charge in [0.1, 0.15) is 5.82 Å². The average molecular weight is 594 g/mol. The number of nitrogens with zero attached hydrogens (tertiary/aromatic N) is 2. The van der Waals surface area contributed by atoms with E-state index in [1.54, 1.807) is 24.3 Å². The van der Waals surface area contributed by atoms with E-state index in [0.29, 0.717) is 17.0 Å². The first-order valence-corrected chi connectivity index (χ1v) is 17.0. The predicted molar refractivity (Wildman–Crippen MR) is 175 cm³/mol. The monoisotopic (exact) mass is 593 g/mol. The van der Waals surface area contributed by atoms with Gasteiger partial charge in [0, 0.05) is 30.6 Å². The number of hydrogen-bond acceptors (Lipinski definition) is 6. The normalized spacial score (nSPS) is 20.0. The molecule has 3 aromatic carbocycles. The molecule has 2 saturated heterocycles. The van der Waals surface area contributed by atoms with Crippen molar-refractivity contribution in [3.8, 4) is 22.4 Å². The van der Waals surface area contributed by atoms with Crippen LogP contribution in [0.4, 0.5) is 0 Å². The van der Waals surface area contributed by atoms with Crippen molar-refractivity contribution in [3.63, 3.8) is 0 Å². The highest BCUT2D eigenvalue weighted by atomic mass is 32.2. The van der Waals surface area contributed by atoms with Gasteiger partial charge in [-0.15, -0.1) is 0 Å². The second kappa shape index (κ2) is 12.8. The van der Waals surface area contributed by atoms with Crippen LogP contribution in [-0.2, 0) is 9.84 Å². The maximum atomic E-state index is 10.9. The Labute approximate surface area is 254 Å². The lowest BCUT2D eigenvalue weighted by atomic mass is 9.96. The highest BCUT2D eigenvalue weighted by molar-refractivity contribution is 7.90. The van der Waals surface area contributed by atoms with Crippen molar-refractivity contribution in [1.82, 2.24) is 20.6 Å². The predicted octanol–water partition coefficient (Wildman–Crippen LogP) is 6.50. The third-order valence-corrected chi connectivity index (χ3v) is 9.57. The van der Waals surface area contributed by atoms with E-state index in [2.05, 4.69) is 75.3 Å². The van der Waals surface area contributed by atoms with Gasteiger partial charge >= 0.3 is 0 Å². The molecule has 43 heavy (non-hydrogen) atoms. The molecule has 7 rings (SSSR count). The molecule has 3 aliphatic heterocycles. The van der Waals surface area contributed by atoms with Crippen LogP contribution >= 0.6 is 0 Å². The summed E-state index contributed by atoms with van der Waals surface area (Å²) in [4.78, 5) is 13.2. The zero-order valence-corrected chi connectivity index (χ0v) is 25.6. The second-order valence-electron chi connectivity index (χ2n) is 11.7. The first-order chi connectivity index (χ1) is 20.8. The van der Waals surface area contributed by atoms with Crippen molar-refractivity contribution >= 4 is 21.1 Å². The molecule has 0 spiro atoms. The number of allylic oxidation sites excluding steroid dienone is 1. The van der Waals surface area contributed by atoms with Crippen LogP contribution in [0.25, 0.3) is 28.0 Å². The highest BCUT2D eigenvalue weighted by Crippen LogP contribution is 2.30. The van der Waals surface area contributed by atoms with Crippen LogP contribution in [0, 0.1) is 6.92 Å². The van der Waals surface area contributed by atoms with Gasteiger partial charge in [-0.05, 0) is 85.7 Å². The number of nitrogens with one attached hydrogen (secondary N) is 3. The minimum absolute atomic E-state index is 0.368. The Morgan fingerprint density at radius 1 is 0.744 bits per heavy atom. The van der Waals surface area contributed by atoms with Crippen molar-refractivity contribution < 1.29 is 8.42 Å². The van der Waals surface area contributed by atoms with Gasteiger partial charge in [-0.1, -0.05) is 66.2 Å². The molecule has 222 valence electrons. The lowest BCUT2D eigenvalue weighted by Crippen LogP contribution is -2.29. The maximum absolute atomic E-state index is 10.9. The van der Waals surface area contributed by atoms with Crippen LogP contribution in [0.1, 0.15) is 55.1 Å². The standard InChI is InChI=1S/C27H29N5.C8H10O2S/c1-3-23(28-13-1)25-15-22(16-30-25)20-7-5-18(6-8-20)19-9-11-21(12-10-19)26-17-31-27(32-26)24-4-2-14-29-24;1-7-3-5-8(6-4-7)11(2,9)10/h5-12,16-17,23-24,28-29H,1-4,13-15H2,(H,31,32);3-6H,1-2H3/t23-,24-;/m1./s1. The molecule has 0 radical (unpaired) electrons. The van der Waals surface area contributed by atoms with Gasteiger partial charge in [0.15, 0.2) is 9.84 Å². The van der Waals surface area contributed by atoms with Crippen LogP contribution in [0.2, 0.25) is 0 Å². The van der Waals surface area contributed by atoms with Crippen molar-refractivity contribution in [2.75, 3.05) is 19.3 Å². The number of benzene rings is 3. The molecule has 4 aromatic rings. The first-order valence-electron chi connectivity index (χ1n) is 15.1. The van der Waals surface area contributed by atoms with E-state index in [0.717, 1.165) is 43.0 Å². The Bertz CT molecular complexity index is 1710. The molecule has 8 heteroatoms. The summed E-state index contributed by atoms with van der Waals surface area (Å²) in [5.41, 5.74) is 9.66. The second-order valence-corrected chi connectivity index (χ2v) is 13.7. The van der Waals surface area contributed by atoms with Crippen LogP contribution in [-0.4, -0.2) is 49.5 Å². The fourth-order valence-corrected chi connectivity index (χ4v) is 6.52. The molecular weight excluding hydrogens is 554 g/mol. The molecule has 2 atom stereocenters. The third-order valence-electron chi connectivity index (χ3n) is 8.44. The fraction of sp³-hybridized carbons (Fsp3) is 0.314. The lowest BCUT2D eigenvalue weighted by molar-refractivity contribution is 0.602. The summed E-state index contributed by atoms with van der Waals surface area (Å²) in [5, 5.41) is 7.06. The van der Waals surface area contributed by atoms with E-state index in [-0.39, 0.29) is 0 Å². The quantitative estimate of drug-likeness (QED) is 0.237. The van der Waals surface area contributed by atoms with E-state index in [4.69, 9.17) is 4.99 Å². The summed E-state index contributed by atoms with van der Waals surface area (Å²) < 4.78 is 21.9. The maximum Gasteiger partial charge on any atom is 0.175 e.